The lowest BCUT2D eigenvalue weighted by atomic mass is 10.1. The molecule has 0 aliphatic rings. The quantitative estimate of drug-likeness (QED) is 0.252. The predicted octanol–water partition coefficient (Wildman–Crippen LogP) is 6.87. The Morgan fingerprint density at radius 2 is 1.68 bits per heavy atom. The average molecular weight is 566 g/mol. The third-order valence-electron chi connectivity index (χ3n) is 5.30. The van der Waals surface area contributed by atoms with Crippen molar-refractivity contribution in [3.05, 3.63) is 98.9 Å². The van der Waals surface area contributed by atoms with Gasteiger partial charge in [0.1, 0.15) is 0 Å². The van der Waals surface area contributed by atoms with E-state index in [4.69, 9.17) is 34.8 Å². The predicted molar refractivity (Wildman–Crippen MR) is 134 cm³/mol. The van der Waals surface area contributed by atoms with Crippen LogP contribution < -0.4 is 5.32 Å². The summed E-state index contributed by atoms with van der Waals surface area (Å²) in [5, 5.41) is 11.9. The van der Waals surface area contributed by atoms with Crippen LogP contribution >= 0.6 is 34.8 Å². The van der Waals surface area contributed by atoms with Crippen LogP contribution in [-0.4, -0.2) is 30.3 Å². The van der Waals surface area contributed by atoms with E-state index in [0.717, 1.165) is 11.6 Å². The van der Waals surface area contributed by atoms with Gasteiger partial charge in [0.15, 0.2) is 22.9 Å². The Hall–Kier alpha value is -3.60. The fourth-order valence-corrected chi connectivity index (χ4v) is 4.02. The molecule has 5 aromatic rings. The van der Waals surface area contributed by atoms with Gasteiger partial charge in [0.05, 0.1) is 22.3 Å². The molecule has 7 nitrogen and oxygen atoms in total. The van der Waals surface area contributed by atoms with Gasteiger partial charge < -0.3 is 5.32 Å². The SMILES string of the molecule is O=C(Nc1ccn(Cc2ccc(Cl)c(Cl)c2)n1)c1cc2nc(-c3ccc(Cl)cc3)cc(C(F)(F)F)n2n1. The minimum atomic E-state index is -4.74. The van der Waals surface area contributed by atoms with Crippen LogP contribution in [-0.2, 0) is 12.7 Å². The first-order chi connectivity index (χ1) is 17.6. The highest BCUT2D eigenvalue weighted by Crippen LogP contribution is 2.32. The van der Waals surface area contributed by atoms with Gasteiger partial charge in [-0.15, -0.1) is 0 Å². The molecule has 0 bridgehead atoms. The molecule has 13 heteroatoms. The standard InChI is InChI=1S/C24H14Cl3F3N6O/c25-15-4-2-14(3-5-15)18-10-20(24(28,29)30)36-22(31-18)11-19(33-36)23(37)32-21-7-8-35(34-21)12-13-1-6-16(26)17(27)9-13/h1-11H,12H2,(H,32,34,37). The number of hydrogen-bond donors (Lipinski definition) is 1. The topological polar surface area (TPSA) is 77.1 Å². The number of benzene rings is 2. The Morgan fingerprint density at radius 1 is 0.919 bits per heavy atom. The summed E-state index contributed by atoms with van der Waals surface area (Å²) in [6, 6.07) is 14.9. The molecule has 0 fully saturated rings. The Balaban J connectivity index is 1.41. The molecule has 1 amide bonds. The average Bonchev–Trinajstić information content (AvgIpc) is 3.47. The first kappa shape index (κ1) is 25.1. The molecule has 0 saturated carbocycles. The van der Waals surface area contributed by atoms with E-state index < -0.39 is 17.8 Å². The van der Waals surface area contributed by atoms with Gasteiger partial charge in [-0.2, -0.15) is 23.4 Å². The van der Waals surface area contributed by atoms with Crippen molar-refractivity contribution in [2.24, 2.45) is 0 Å². The van der Waals surface area contributed by atoms with Crippen molar-refractivity contribution in [2.45, 2.75) is 12.7 Å². The first-order valence-electron chi connectivity index (χ1n) is 10.6. The van der Waals surface area contributed by atoms with Crippen LogP contribution in [0, 0.1) is 0 Å². The van der Waals surface area contributed by atoms with E-state index in [9.17, 15) is 18.0 Å². The molecule has 0 saturated heterocycles. The number of hydrogen-bond acceptors (Lipinski definition) is 4. The van der Waals surface area contributed by atoms with Crippen molar-refractivity contribution < 1.29 is 18.0 Å². The van der Waals surface area contributed by atoms with Gasteiger partial charge in [-0.05, 0) is 35.9 Å². The molecule has 5 rings (SSSR count). The summed E-state index contributed by atoms with van der Waals surface area (Å²) < 4.78 is 43.6. The van der Waals surface area contributed by atoms with E-state index in [1.165, 1.54) is 6.07 Å². The van der Waals surface area contributed by atoms with E-state index in [2.05, 4.69) is 20.5 Å². The molecule has 2 aromatic carbocycles. The summed E-state index contributed by atoms with van der Waals surface area (Å²) in [5.74, 6) is -0.556. The molecular formula is C24H14Cl3F3N6O. The summed E-state index contributed by atoms with van der Waals surface area (Å²) in [6.45, 7) is 0.355. The molecule has 0 aliphatic carbocycles. The van der Waals surface area contributed by atoms with E-state index in [1.807, 2.05) is 0 Å². The number of amides is 1. The highest BCUT2D eigenvalue weighted by Gasteiger charge is 2.35. The minimum Gasteiger partial charge on any atom is -0.304 e. The number of fused-ring (bicyclic) bond motifs is 1. The van der Waals surface area contributed by atoms with Gasteiger partial charge in [-0.25, -0.2) is 9.50 Å². The van der Waals surface area contributed by atoms with Crippen LogP contribution in [0.25, 0.3) is 16.9 Å². The maximum atomic E-state index is 13.8. The second kappa shape index (κ2) is 9.70. The normalized spacial score (nSPS) is 11.7. The zero-order valence-corrected chi connectivity index (χ0v) is 20.7. The number of aromatic nitrogens is 5. The summed E-state index contributed by atoms with van der Waals surface area (Å²) >= 11 is 17.8. The second-order valence-corrected chi connectivity index (χ2v) is 9.18. The van der Waals surface area contributed by atoms with Crippen molar-refractivity contribution in [3.63, 3.8) is 0 Å². The van der Waals surface area contributed by atoms with E-state index in [0.29, 0.717) is 31.7 Å². The summed E-state index contributed by atoms with van der Waals surface area (Å²) in [6.07, 6.45) is -3.12. The van der Waals surface area contributed by atoms with Crippen molar-refractivity contribution >= 4 is 52.2 Å². The number of nitrogens with zero attached hydrogens (tertiary/aromatic N) is 5. The lowest BCUT2D eigenvalue weighted by molar-refractivity contribution is -0.142. The number of anilines is 1. The zero-order valence-electron chi connectivity index (χ0n) is 18.5. The maximum absolute atomic E-state index is 13.8. The Bertz CT molecular complexity index is 1630. The van der Waals surface area contributed by atoms with Crippen LogP contribution in [0.5, 0.6) is 0 Å². The second-order valence-electron chi connectivity index (χ2n) is 7.93. The fraction of sp³-hybridized carbons (Fsp3) is 0.0833. The third-order valence-corrected chi connectivity index (χ3v) is 6.29. The molecular weight excluding hydrogens is 552 g/mol. The third kappa shape index (κ3) is 5.41. The molecule has 0 unspecified atom stereocenters. The van der Waals surface area contributed by atoms with E-state index in [-0.39, 0.29) is 22.9 Å². The van der Waals surface area contributed by atoms with Gasteiger partial charge in [-0.1, -0.05) is 53.0 Å². The van der Waals surface area contributed by atoms with Gasteiger partial charge in [-0.3, -0.25) is 9.48 Å². The van der Waals surface area contributed by atoms with Crippen molar-refractivity contribution in [1.29, 1.82) is 0 Å². The van der Waals surface area contributed by atoms with Crippen LogP contribution in [0.3, 0.4) is 0 Å². The summed E-state index contributed by atoms with van der Waals surface area (Å²) in [7, 11) is 0. The summed E-state index contributed by atoms with van der Waals surface area (Å²) in [5.41, 5.74) is -0.160. The monoisotopic (exact) mass is 564 g/mol. The molecule has 0 aliphatic heterocycles. The fourth-order valence-electron chi connectivity index (χ4n) is 3.58. The molecule has 0 spiro atoms. The number of rotatable bonds is 5. The van der Waals surface area contributed by atoms with Gasteiger partial charge >= 0.3 is 6.18 Å². The van der Waals surface area contributed by atoms with Crippen LogP contribution in [0.15, 0.2) is 66.9 Å². The highest BCUT2D eigenvalue weighted by molar-refractivity contribution is 6.42. The molecule has 37 heavy (non-hydrogen) atoms. The Kier molecular flexibility index (Phi) is 6.57. The highest BCUT2D eigenvalue weighted by atomic mass is 35.5. The van der Waals surface area contributed by atoms with Gasteiger partial charge in [0.2, 0.25) is 0 Å². The number of nitrogens with one attached hydrogen (secondary N) is 1. The van der Waals surface area contributed by atoms with Crippen molar-refractivity contribution in [3.8, 4) is 11.3 Å². The Labute approximate surface area is 222 Å². The molecule has 188 valence electrons. The number of alkyl halides is 3. The van der Waals surface area contributed by atoms with Crippen molar-refractivity contribution in [2.75, 3.05) is 5.32 Å². The number of carbonyl (C=O) groups is 1. The summed E-state index contributed by atoms with van der Waals surface area (Å²) in [4.78, 5) is 17.1. The van der Waals surface area contributed by atoms with Crippen LogP contribution in [0.2, 0.25) is 15.1 Å². The van der Waals surface area contributed by atoms with Gasteiger partial charge in [0, 0.05) is 28.9 Å². The van der Waals surface area contributed by atoms with Crippen LogP contribution in [0.1, 0.15) is 21.7 Å². The lowest BCUT2D eigenvalue weighted by Gasteiger charge is -2.11. The van der Waals surface area contributed by atoms with E-state index in [1.54, 1.807) is 59.4 Å². The van der Waals surface area contributed by atoms with Crippen molar-refractivity contribution in [1.82, 2.24) is 24.4 Å². The van der Waals surface area contributed by atoms with Crippen LogP contribution in [0.4, 0.5) is 19.0 Å². The Morgan fingerprint density at radius 3 is 2.38 bits per heavy atom. The van der Waals surface area contributed by atoms with Gasteiger partial charge in [0.25, 0.3) is 5.91 Å². The lowest BCUT2D eigenvalue weighted by Crippen LogP contribution is -2.16. The maximum Gasteiger partial charge on any atom is 0.433 e. The zero-order chi connectivity index (χ0) is 26.3. The number of halogens is 6. The molecule has 0 radical (unpaired) electrons. The minimum absolute atomic E-state index is 0.0596. The number of carbonyl (C=O) groups excluding carboxylic acids is 1. The molecule has 3 heterocycles. The smallest absolute Gasteiger partial charge is 0.304 e. The largest absolute Gasteiger partial charge is 0.433 e. The van der Waals surface area contributed by atoms with E-state index >= 15 is 0 Å². The molecule has 0 atom stereocenters. The molecule has 3 aromatic heterocycles. The first-order valence-corrected chi connectivity index (χ1v) is 11.7. The molecule has 1 N–H and O–H groups in total.